The minimum absolute atomic E-state index is 0.467. The van der Waals surface area contributed by atoms with Crippen LogP contribution in [0.4, 0.5) is 0 Å². The highest BCUT2D eigenvalue weighted by Gasteiger charge is 2.52. The quantitative estimate of drug-likeness (QED) is 0.152. The summed E-state index contributed by atoms with van der Waals surface area (Å²) in [5.41, 5.74) is 24.5. The van der Waals surface area contributed by atoms with Crippen LogP contribution in [-0.4, -0.2) is 9.13 Å². The molecule has 356 valence electrons. The normalized spacial score (nSPS) is 13.0. The van der Waals surface area contributed by atoms with Crippen molar-refractivity contribution >= 4 is 65.2 Å². The summed E-state index contributed by atoms with van der Waals surface area (Å²) in [5, 5.41) is 9.89. The largest absolute Gasteiger partial charge is 0.309 e. The lowest BCUT2D eigenvalue weighted by molar-refractivity contribution is 0.794. The van der Waals surface area contributed by atoms with Gasteiger partial charge in [-0.25, -0.2) is 0 Å². The number of para-hydroxylation sites is 4. The van der Waals surface area contributed by atoms with Crippen LogP contribution in [0.25, 0.3) is 132 Å². The molecule has 2 aromatic heterocycles. The second-order valence-corrected chi connectivity index (χ2v) is 21.0. The van der Waals surface area contributed by atoms with E-state index in [2.05, 4.69) is 288 Å². The topological polar surface area (TPSA) is 9.86 Å². The van der Waals surface area contributed by atoms with E-state index in [1.807, 2.05) is 0 Å². The molecule has 0 atom stereocenters. The van der Waals surface area contributed by atoms with Crippen LogP contribution in [0.3, 0.4) is 0 Å². The van der Waals surface area contributed by atoms with Gasteiger partial charge in [-0.3, -0.25) is 0 Å². The third kappa shape index (κ3) is 5.74. The van der Waals surface area contributed by atoms with Crippen molar-refractivity contribution in [2.75, 3.05) is 0 Å². The SMILES string of the molecule is c1ccc(-n2c3ccccc3c3ccc(-c4cccc5c(-c6cccc7c6-c6ccccc6C76c7ccccc7-c7ccccc76)c6cccc(-c7ccc8c9ccccc9n(-c9ccccc9)c8c7)c6cc45)cc32)cc1. The van der Waals surface area contributed by atoms with Crippen molar-refractivity contribution < 1.29 is 0 Å². The van der Waals surface area contributed by atoms with Gasteiger partial charge in [0, 0.05) is 32.9 Å². The lowest BCUT2D eigenvalue weighted by Gasteiger charge is -2.30. The molecule has 17 rings (SSSR count). The Kier molecular flexibility index (Phi) is 8.80. The van der Waals surface area contributed by atoms with Gasteiger partial charge in [0.25, 0.3) is 0 Å². The minimum atomic E-state index is -0.467. The predicted octanol–water partition coefficient (Wildman–Crippen LogP) is 19.5. The van der Waals surface area contributed by atoms with Crippen LogP contribution in [0.2, 0.25) is 0 Å². The first-order chi connectivity index (χ1) is 38.2. The van der Waals surface area contributed by atoms with Gasteiger partial charge >= 0.3 is 0 Å². The zero-order valence-electron chi connectivity index (χ0n) is 42.0. The van der Waals surface area contributed by atoms with E-state index in [9.17, 15) is 0 Å². The van der Waals surface area contributed by atoms with Crippen LogP contribution in [0.5, 0.6) is 0 Å². The van der Waals surface area contributed by atoms with Crippen molar-refractivity contribution in [3.63, 3.8) is 0 Å². The van der Waals surface area contributed by atoms with Crippen molar-refractivity contribution in [3.8, 4) is 67.0 Å². The van der Waals surface area contributed by atoms with Crippen LogP contribution < -0.4 is 0 Å². The maximum Gasteiger partial charge on any atom is 0.0725 e. The molecule has 15 aromatic rings. The van der Waals surface area contributed by atoms with E-state index in [1.165, 1.54) is 143 Å². The van der Waals surface area contributed by atoms with Gasteiger partial charge in [0.05, 0.1) is 27.5 Å². The number of fused-ring (bicyclic) bond motifs is 18. The lowest BCUT2D eigenvalue weighted by atomic mass is 9.70. The first-order valence-electron chi connectivity index (χ1n) is 26.8. The monoisotopic (exact) mass is 974 g/mol. The molecular weight excluding hydrogens is 929 g/mol. The fourth-order valence-corrected chi connectivity index (χ4v) is 14.3. The van der Waals surface area contributed by atoms with Crippen LogP contribution in [-0.2, 0) is 5.41 Å². The second kappa shape index (κ2) is 16.0. The zero-order chi connectivity index (χ0) is 50.3. The molecule has 0 unspecified atom stereocenters. The third-order valence-corrected chi connectivity index (χ3v) is 17.3. The van der Waals surface area contributed by atoms with Gasteiger partial charge in [0.15, 0.2) is 0 Å². The summed E-state index contributed by atoms with van der Waals surface area (Å²) in [5.74, 6) is 0. The molecule has 77 heavy (non-hydrogen) atoms. The van der Waals surface area contributed by atoms with Gasteiger partial charge in [-0.15, -0.1) is 0 Å². The van der Waals surface area contributed by atoms with Crippen molar-refractivity contribution in [1.29, 1.82) is 0 Å². The molecule has 0 bridgehead atoms. The van der Waals surface area contributed by atoms with Gasteiger partial charge in [-0.2, -0.15) is 0 Å². The highest BCUT2D eigenvalue weighted by Crippen LogP contribution is 2.64. The molecule has 13 aromatic carbocycles. The van der Waals surface area contributed by atoms with E-state index < -0.39 is 5.41 Å². The predicted molar refractivity (Wildman–Crippen MR) is 323 cm³/mol. The lowest BCUT2D eigenvalue weighted by Crippen LogP contribution is -2.25. The molecular formula is C75H46N2. The van der Waals surface area contributed by atoms with Crippen molar-refractivity contribution in [3.05, 3.63) is 301 Å². The number of hydrogen-bond acceptors (Lipinski definition) is 0. The van der Waals surface area contributed by atoms with Gasteiger partial charge in [-0.05, 0) is 154 Å². The van der Waals surface area contributed by atoms with E-state index in [-0.39, 0.29) is 0 Å². The summed E-state index contributed by atoms with van der Waals surface area (Å²) in [7, 11) is 0. The van der Waals surface area contributed by atoms with Gasteiger partial charge in [0.2, 0.25) is 0 Å². The van der Waals surface area contributed by atoms with Crippen LogP contribution in [0, 0.1) is 0 Å². The number of hydrogen-bond donors (Lipinski definition) is 0. The molecule has 1 spiro atoms. The molecule has 0 aliphatic heterocycles. The minimum Gasteiger partial charge on any atom is -0.309 e. The second-order valence-electron chi connectivity index (χ2n) is 21.0. The third-order valence-electron chi connectivity index (χ3n) is 17.3. The van der Waals surface area contributed by atoms with E-state index >= 15 is 0 Å². The Morgan fingerprint density at radius 3 is 1.12 bits per heavy atom. The average molecular weight is 975 g/mol. The summed E-state index contributed by atoms with van der Waals surface area (Å²) < 4.78 is 4.87. The molecule has 2 heterocycles. The Balaban J connectivity index is 0.983. The summed E-state index contributed by atoms with van der Waals surface area (Å²) in [6, 6.07) is 105. The summed E-state index contributed by atoms with van der Waals surface area (Å²) >= 11 is 0. The molecule has 0 radical (unpaired) electrons. The fraction of sp³-hybridized carbons (Fsp3) is 0.0133. The smallest absolute Gasteiger partial charge is 0.0725 e. The van der Waals surface area contributed by atoms with Crippen molar-refractivity contribution in [2.45, 2.75) is 5.41 Å². The Bertz CT molecular complexity index is 4710. The first kappa shape index (κ1) is 42.3. The Morgan fingerprint density at radius 2 is 0.584 bits per heavy atom. The Labute approximate surface area is 445 Å². The molecule has 2 aliphatic rings. The summed E-state index contributed by atoms with van der Waals surface area (Å²) in [4.78, 5) is 0. The van der Waals surface area contributed by atoms with E-state index in [0.29, 0.717) is 0 Å². The van der Waals surface area contributed by atoms with Gasteiger partial charge in [-0.1, -0.05) is 224 Å². The zero-order valence-corrected chi connectivity index (χ0v) is 42.0. The highest BCUT2D eigenvalue weighted by molar-refractivity contribution is 6.22. The summed E-state index contributed by atoms with van der Waals surface area (Å²) in [6.07, 6.45) is 0. The molecule has 0 amide bonds. The molecule has 2 nitrogen and oxygen atoms in total. The van der Waals surface area contributed by atoms with Gasteiger partial charge in [0.1, 0.15) is 0 Å². The fourth-order valence-electron chi connectivity index (χ4n) is 14.3. The molecule has 0 saturated heterocycles. The van der Waals surface area contributed by atoms with Crippen molar-refractivity contribution in [2.24, 2.45) is 0 Å². The summed E-state index contributed by atoms with van der Waals surface area (Å²) in [6.45, 7) is 0. The van der Waals surface area contributed by atoms with Crippen LogP contribution >= 0.6 is 0 Å². The number of benzene rings is 13. The number of nitrogens with zero attached hydrogens (tertiary/aromatic N) is 2. The van der Waals surface area contributed by atoms with Crippen LogP contribution in [0.1, 0.15) is 22.3 Å². The van der Waals surface area contributed by atoms with Crippen molar-refractivity contribution in [1.82, 2.24) is 9.13 Å². The maximum absolute atomic E-state index is 2.51. The van der Waals surface area contributed by atoms with Crippen LogP contribution in [0.15, 0.2) is 279 Å². The van der Waals surface area contributed by atoms with E-state index in [1.54, 1.807) is 0 Å². The molecule has 0 saturated carbocycles. The Morgan fingerprint density at radius 1 is 0.208 bits per heavy atom. The number of rotatable bonds is 5. The highest BCUT2D eigenvalue weighted by atomic mass is 15.0. The molecule has 2 heteroatoms. The average Bonchev–Trinajstić information content (AvgIpc) is 4.07. The maximum atomic E-state index is 2.51. The molecule has 0 fully saturated rings. The molecule has 2 aliphatic carbocycles. The first-order valence-corrected chi connectivity index (χ1v) is 26.8. The molecule has 0 N–H and O–H groups in total. The Hall–Kier alpha value is -10.0. The van der Waals surface area contributed by atoms with E-state index in [0.717, 1.165) is 11.4 Å². The van der Waals surface area contributed by atoms with E-state index in [4.69, 9.17) is 0 Å². The van der Waals surface area contributed by atoms with Gasteiger partial charge < -0.3 is 9.13 Å². The standard InChI is InChI=1S/C75H46N2/c1-3-20-49(21-4-1)76-69-38-15-10-26-55(69)57-42-40-47(44-71(57)76)51-29-17-31-59-63(51)46-64-52(48-41-43-58-56-27-11-16-39-70(56)77(72(58)45-48)50-22-5-2-6-23-50)30-18-32-60(64)73(59)62-33-19-37-68-74(62)61-28-9-14-36-67(61)75(68)65-34-12-7-24-53(65)54-25-8-13-35-66(54)75/h1-46H. The number of aromatic nitrogens is 2.